The van der Waals surface area contributed by atoms with Crippen LogP contribution in [-0.2, 0) is 22.4 Å². The lowest BCUT2D eigenvalue weighted by Gasteiger charge is -2.20. The largest absolute Gasteiger partial charge is 0.394 e. The van der Waals surface area contributed by atoms with Crippen molar-refractivity contribution in [3.8, 4) is 0 Å². The molecule has 12 heteroatoms. The first-order valence-corrected chi connectivity index (χ1v) is 11.8. The number of rotatable bonds is 7. The summed E-state index contributed by atoms with van der Waals surface area (Å²) < 4.78 is 23.6. The summed E-state index contributed by atoms with van der Waals surface area (Å²) in [4.78, 5) is 20.7. The number of ether oxygens (including phenoxy) is 2. The quantitative estimate of drug-likeness (QED) is 0.187. The Labute approximate surface area is 211 Å². The Balaban J connectivity index is 0.000000543. The monoisotopic (exact) mass is 507 g/mol. The van der Waals surface area contributed by atoms with Crippen LogP contribution in [0.15, 0.2) is 29.4 Å². The SMILES string of the molecule is CC.CCc1cc(CNC(=O)c2cc(/C(N)=N/N(C)N)nc(C)n2)ccc1F.OC[C@@H]1COCCO1. The number of carbonyl (C=O) groups excluding carboxylic acids is 1. The summed E-state index contributed by atoms with van der Waals surface area (Å²) in [6.45, 7) is 9.65. The van der Waals surface area contributed by atoms with E-state index in [2.05, 4.69) is 20.4 Å². The Morgan fingerprint density at radius 2 is 1.97 bits per heavy atom. The number of benzene rings is 1. The highest BCUT2D eigenvalue weighted by atomic mass is 19.1. The van der Waals surface area contributed by atoms with E-state index in [-0.39, 0.29) is 36.6 Å². The van der Waals surface area contributed by atoms with Gasteiger partial charge in [0.25, 0.3) is 5.91 Å². The Morgan fingerprint density at radius 3 is 2.53 bits per heavy atom. The molecule has 0 aliphatic carbocycles. The molecule has 0 unspecified atom stereocenters. The van der Waals surface area contributed by atoms with Crippen molar-refractivity contribution in [2.24, 2.45) is 16.7 Å². The molecule has 2 aromatic rings. The van der Waals surface area contributed by atoms with Crippen LogP contribution in [0.25, 0.3) is 0 Å². The number of carbonyl (C=O) groups is 1. The van der Waals surface area contributed by atoms with Gasteiger partial charge in [-0.05, 0) is 36.6 Å². The van der Waals surface area contributed by atoms with E-state index >= 15 is 0 Å². The number of aliphatic hydroxyl groups is 1. The second-order valence-corrected chi connectivity index (χ2v) is 7.46. The average Bonchev–Trinajstić information content (AvgIpc) is 2.89. The minimum atomic E-state index is -0.395. The van der Waals surface area contributed by atoms with E-state index < -0.39 is 5.91 Å². The summed E-state index contributed by atoms with van der Waals surface area (Å²) in [5.41, 5.74) is 7.68. The molecule has 1 aromatic heterocycles. The third-order valence-electron chi connectivity index (χ3n) is 4.63. The molecule has 2 heterocycles. The van der Waals surface area contributed by atoms with Gasteiger partial charge in [0.1, 0.15) is 29.1 Å². The average molecular weight is 508 g/mol. The minimum absolute atomic E-state index is 0.0694. The van der Waals surface area contributed by atoms with Crippen molar-refractivity contribution < 1.29 is 23.8 Å². The van der Waals surface area contributed by atoms with Crippen LogP contribution in [0.3, 0.4) is 0 Å². The summed E-state index contributed by atoms with van der Waals surface area (Å²) in [5.74, 6) is 5.23. The molecule has 0 radical (unpaired) electrons. The van der Waals surface area contributed by atoms with Crippen LogP contribution in [-0.4, -0.2) is 71.5 Å². The van der Waals surface area contributed by atoms with Crippen LogP contribution in [0, 0.1) is 12.7 Å². The van der Waals surface area contributed by atoms with Crippen molar-refractivity contribution in [3.63, 3.8) is 0 Å². The molecule has 36 heavy (non-hydrogen) atoms. The van der Waals surface area contributed by atoms with E-state index in [9.17, 15) is 9.18 Å². The number of nitrogens with zero attached hydrogens (tertiary/aromatic N) is 4. The lowest BCUT2D eigenvalue weighted by atomic mass is 10.1. The van der Waals surface area contributed by atoms with E-state index in [0.29, 0.717) is 43.3 Å². The second kappa shape index (κ2) is 16.5. The topological polar surface area (TPSA) is 161 Å². The molecule has 1 amide bonds. The van der Waals surface area contributed by atoms with Gasteiger partial charge in [0.05, 0.1) is 26.4 Å². The van der Waals surface area contributed by atoms with Crippen LogP contribution in [0.5, 0.6) is 0 Å². The fourth-order valence-electron chi connectivity index (χ4n) is 2.96. The standard InChI is InChI=1S/C17H22FN7O.C5H10O3.C2H6/c1-4-12-7-11(5-6-13(12)18)9-21-17(26)15-8-14(22-10(2)23-15)16(19)24-25(3)20;6-3-5-4-7-1-2-8-5;1-2/h5-8H,4,9,20H2,1-3H3,(H2,19,24)(H,21,26);5-6H,1-4H2;1-2H3/t;5-;/m.1./s1. The minimum Gasteiger partial charge on any atom is -0.394 e. The van der Waals surface area contributed by atoms with Crippen molar-refractivity contribution in [2.45, 2.75) is 46.8 Å². The Bertz CT molecular complexity index is 983. The van der Waals surface area contributed by atoms with Gasteiger partial charge in [-0.1, -0.05) is 32.9 Å². The van der Waals surface area contributed by atoms with Gasteiger partial charge in [-0.2, -0.15) is 0 Å². The number of aliphatic hydroxyl groups excluding tert-OH is 1. The van der Waals surface area contributed by atoms with E-state index in [1.54, 1.807) is 19.1 Å². The fourth-order valence-corrected chi connectivity index (χ4v) is 2.96. The fraction of sp³-hybridized carbons (Fsp3) is 0.500. The smallest absolute Gasteiger partial charge is 0.270 e. The van der Waals surface area contributed by atoms with Crippen LogP contribution >= 0.6 is 0 Å². The molecule has 0 bridgehead atoms. The Hall–Kier alpha value is -3.19. The normalized spacial score (nSPS) is 15.1. The van der Waals surface area contributed by atoms with Gasteiger partial charge in [0.15, 0.2) is 5.84 Å². The van der Waals surface area contributed by atoms with Gasteiger partial charge in [0, 0.05) is 13.6 Å². The number of hydrogen-bond donors (Lipinski definition) is 4. The maximum Gasteiger partial charge on any atom is 0.270 e. The second-order valence-electron chi connectivity index (χ2n) is 7.46. The van der Waals surface area contributed by atoms with E-state index in [1.165, 1.54) is 19.2 Å². The molecular formula is C24H38FN7O4. The van der Waals surface area contributed by atoms with Crippen molar-refractivity contribution in [1.29, 1.82) is 0 Å². The number of nitrogens with one attached hydrogen (secondary N) is 1. The lowest BCUT2D eigenvalue weighted by Crippen LogP contribution is -2.31. The van der Waals surface area contributed by atoms with Gasteiger partial charge in [-0.3, -0.25) is 4.79 Å². The molecule has 1 aliphatic rings. The van der Waals surface area contributed by atoms with E-state index in [4.69, 9.17) is 26.2 Å². The number of hydrogen-bond acceptors (Lipinski definition) is 9. The maximum absolute atomic E-state index is 13.5. The number of amidine groups is 1. The predicted molar refractivity (Wildman–Crippen MR) is 135 cm³/mol. The van der Waals surface area contributed by atoms with Crippen LogP contribution in [0.4, 0.5) is 4.39 Å². The molecule has 200 valence electrons. The predicted octanol–water partition coefficient (Wildman–Crippen LogP) is 1.26. The summed E-state index contributed by atoms with van der Waals surface area (Å²) in [7, 11) is 1.52. The molecular weight excluding hydrogens is 469 g/mol. The lowest BCUT2D eigenvalue weighted by molar-refractivity contribution is -0.105. The number of aromatic nitrogens is 2. The summed E-state index contributed by atoms with van der Waals surface area (Å²) in [5, 5.41) is 16.1. The molecule has 11 nitrogen and oxygen atoms in total. The van der Waals surface area contributed by atoms with Crippen molar-refractivity contribution in [1.82, 2.24) is 20.4 Å². The van der Waals surface area contributed by atoms with Crippen molar-refractivity contribution in [3.05, 3.63) is 58.4 Å². The van der Waals surface area contributed by atoms with Crippen molar-refractivity contribution >= 4 is 11.7 Å². The van der Waals surface area contributed by atoms with Crippen molar-refractivity contribution in [2.75, 3.05) is 33.5 Å². The first kappa shape index (κ1) is 30.8. The zero-order chi connectivity index (χ0) is 27.1. The molecule has 1 fully saturated rings. The third-order valence-corrected chi connectivity index (χ3v) is 4.63. The molecule has 1 aromatic carbocycles. The number of hydrazine groups is 1. The van der Waals surface area contributed by atoms with Gasteiger partial charge >= 0.3 is 0 Å². The van der Waals surface area contributed by atoms with Crippen LogP contribution < -0.4 is 16.9 Å². The van der Waals surface area contributed by atoms with Gasteiger partial charge < -0.3 is 25.6 Å². The summed E-state index contributed by atoms with van der Waals surface area (Å²) in [6, 6.07) is 6.20. The molecule has 6 N–H and O–H groups in total. The van der Waals surface area contributed by atoms with E-state index in [0.717, 1.165) is 10.7 Å². The number of hydrazone groups is 1. The highest BCUT2D eigenvalue weighted by molar-refractivity contribution is 5.99. The molecule has 0 spiro atoms. The van der Waals surface area contributed by atoms with Crippen LogP contribution in [0.1, 0.15) is 53.9 Å². The summed E-state index contributed by atoms with van der Waals surface area (Å²) in [6.07, 6.45) is 0.500. The molecule has 1 aliphatic heterocycles. The number of aryl methyl sites for hydroxylation is 2. The number of nitrogens with two attached hydrogens (primary N) is 2. The zero-order valence-electron chi connectivity index (χ0n) is 21.6. The molecule has 3 rings (SSSR count). The highest BCUT2D eigenvalue weighted by Crippen LogP contribution is 2.11. The van der Waals surface area contributed by atoms with Gasteiger partial charge in [0.2, 0.25) is 0 Å². The number of halogens is 1. The zero-order valence-corrected chi connectivity index (χ0v) is 21.6. The molecule has 1 atom stereocenters. The van der Waals surface area contributed by atoms with Gasteiger partial charge in [-0.15, -0.1) is 5.10 Å². The summed E-state index contributed by atoms with van der Waals surface area (Å²) >= 11 is 0. The molecule has 1 saturated heterocycles. The molecule has 0 saturated carbocycles. The first-order valence-electron chi connectivity index (χ1n) is 11.8. The maximum atomic E-state index is 13.5. The first-order chi connectivity index (χ1) is 17.2. The van der Waals surface area contributed by atoms with E-state index in [1.807, 2.05) is 20.8 Å². The highest BCUT2D eigenvalue weighted by Gasteiger charge is 2.13. The Morgan fingerprint density at radius 1 is 1.28 bits per heavy atom. The van der Waals surface area contributed by atoms with Crippen LogP contribution in [0.2, 0.25) is 0 Å². The third kappa shape index (κ3) is 10.6. The van der Waals surface area contributed by atoms with Gasteiger partial charge in [-0.25, -0.2) is 25.3 Å². The Kier molecular flexibility index (Phi) is 14.1. The number of amides is 1.